The van der Waals surface area contributed by atoms with Crippen molar-refractivity contribution in [3.63, 3.8) is 0 Å². The molecule has 1 atom stereocenters. The van der Waals surface area contributed by atoms with Gasteiger partial charge < -0.3 is 15.2 Å². The maximum atomic E-state index is 5.78. The number of ether oxygens (including phenoxy) is 2. The van der Waals surface area contributed by atoms with Crippen molar-refractivity contribution in [3.8, 4) is 28.4 Å². The minimum atomic E-state index is -0.0177. The molecule has 3 aromatic rings. The van der Waals surface area contributed by atoms with E-state index in [1.54, 1.807) is 20.4 Å². The van der Waals surface area contributed by atoms with Gasteiger partial charge in [0.05, 0.1) is 18.9 Å². The van der Waals surface area contributed by atoms with Crippen molar-refractivity contribution < 1.29 is 9.47 Å². The summed E-state index contributed by atoms with van der Waals surface area (Å²) in [7, 11) is 3.34. The van der Waals surface area contributed by atoms with E-state index in [2.05, 4.69) is 17.1 Å². The fraction of sp³-hybridized carbons (Fsp3) is 0.238. The van der Waals surface area contributed by atoms with Gasteiger partial charge in [0.15, 0.2) is 5.82 Å². The largest absolute Gasteiger partial charge is 0.497 e. The Morgan fingerprint density at radius 3 is 2.65 bits per heavy atom. The standard InChI is InChI=1S/C21H23N3O2/c1-25-17-8-5-7-16(13-17)21-23-11-10-20(24-21)19-9-4-3-6-15(19)12-18(14-22)26-2/h3-11,13,18H,12,14,22H2,1-2H3. The molecule has 0 aliphatic rings. The molecule has 2 N–H and O–H groups in total. The van der Waals surface area contributed by atoms with E-state index in [0.29, 0.717) is 12.4 Å². The molecule has 0 spiro atoms. The van der Waals surface area contributed by atoms with Crippen LogP contribution in [0.2, 0.25) is 0 Å². The quantitative estimate of drug-likeness (QED) is 0.708. The first kappa shape index (κ1) is 18.0. The summed E-state index contributed by atoms with van der Waals surface area (Å²) >= 11 is 0. The number of aromatic nitrogens is 2. The fourth-order valence-electron chi connectivity index (χ4n) is 2.87. The molecule has 5 heteroatoms. The average Bonchev–Trinajstić information content (AvgIpc) is 2.72. The van der Waals surface area contributed by atoms with E-state index in [4.69, 9.17) is 20.2 Å². The SMILES string of the molecule is COc1cccc(-c2nccc(-c3ccccc3CC(CN)OC)n2)c1. The maximum absolute atomic E-state index is 5.78. The van der Waals surface area contributed by atoms with Crippen LogP contribution in [0.4, 0.5) is 0 Å². The van der Waals surface area contributed by atoms with Crippen LogP contribution in [0.1, 0.15) is 5.56 Å². The van der Waals surface area contributed by atoms with Gasteiger partial charge in [-0.3, -0.25) is 0 Å². The van der Waals surface area contributed by atoms with E-state index >= 15 is 0 Å². The third-order valence-electron chi connectivity index (χ3n) is 4.32. The molecule has 1 unspecified atom stereocenters. The molecule has 1 heterocycles. The highest BCUT2D eigenvalue weighted by Crippen LogP contribution is 2.26. The molecular formula is C21H23N3O2. The van der Waals surface area contributed by atoms with Gasteiger partial charge in [0.1, 0.15) is 5.75 Å². The van der Waals surface area contributed by atoms with E-state index < -0.39 is 0 Å². The van der Waals surface area contributed by atoms with Crippen LogP contribution in [0, 0.1) is 0 Å². The minimum absolute atomic E-state index is 0.0177. The number of nitrogens with zero attached hydrogens (tertiary/aromatic N) is 2. The molecule has 0 aliphatic heterocycles. The van der Waals surface area contributed by atoms with E-state index in [1.165, 1.54) is 0 Å². The third-order valence-corrected chi connectivity index (χ3v) is 4.32. The Labute approximate surface area is 153 Å². The van der Waals surface area contributed by atoms with Crippen molar-refractivity contribution in [2.24, 2.45) is 5.73 Å². The van der Waals surface area contributed by atoms with Gasteiger partial charge in [-0.05, 0) is 23.8 Å². The van der Waals surface area contributed by atoms with E-state index in [9.17, 15) is 0 Å². The summed E-state index contributed by atoms with van der Waals surface area (Å²) in [5, 5.41) is 0. The van der Waals surface area contributed by atoms with Crippen LogP contribution < -0.4 is 10.5 Å². The second-order valence-electron chi connectivity index (χ2n) is 5.95. The smallest absolute Gasteiger partial charge is 0.159 e. The van der Waals surface area contributed by atoms with Gasteiger partial charge in [0.25, 0.3) is 0 Å². The Bertz CT molecular complexity index is 863. The van der Waals surface area contributed by atoms with Crippen molar-refractivity contribution in [3.05, 3.63) is 66.4 Å². The van der Waals surface area contributed by atoms with Crippen molar-refractivity contribution >= 4 is 0 Å². The van der Waals surface area contributed by atoms with Gasteiger partial charge in [-0.25, -0.2) is 9.97 Å². The van der Waals surface area contributed by atoms with Gasteiger partial charge in [-0.15, -0.1) is 0 Å². The monoisotopic (exact) mass is 349 g/mol. The molecule has 0 bridgehead atoms. The van der Waals surface area contributed by atoms with Crippen LogP contribution in [0.3, 0.4) is 0 Å². The lowest BCUT2D eigenvalue weighted by Gasteiger charge is -2.16. The van der Waals surface area contributed by atoms with Crippen molar-refractivity contribution in [2.45, 2.75) is 12.5 Å². The molecule has 5 nitrogen and oxygen atoms in total. The van der Waals surface area contributed by atoms with Crippen LogP contribution >= 0.6 is 0 Å². The summed E-state index contributed by atoms with van der Waals surface area (Å²) in [6, 6.07) is 17.8. The first-order valence-electron chi connectivity index (χ1n) is 8.53. The first-order chi connectivity index (χ1) is 12.7. The lowest BCUT2D eigenvalue weighted by molar-refractivity contribution is 0.110. The normalized spacial score (nSPS) is 12.0. The second-order valence-corrected chi connectivity index (χ2v) is 5.95. The number of rotatable bonds is 7. The number of methoxy groups -OCH3 is 2. The van der Waals surface area contributed by atoms with E-state index in [1.807, 2.05) is 42.5 Å². The zero-order valence-electron chi connectivity index (χ0n) is 15.1. The van der Waals surface area contributed by atoms with Gasteiger partial charge in [0, 0.05) is 37.4 Å². The third kappa shape index (κ3) is 4.07. The molecule has 26 heavy (non-hydrogen) atoms. The molecule has 3 rings (SSSR count). The maximum Gasteiger partial charge on any atom is 0.159 e. The van der Waals surface area contributed by atoms with Crippen molar-refractivity contribution in [2.75, 3.05) is 20.8 Å². The molecule has 0 saturated heterocycles. The molecular weight excluding hydrogens is 326 g/mol. The Hall–Kier alpha value is -2.76. The summed E-state index contributed by atoms with van der Waals surface area (Å²) < 4.78 is 10.7. The molecule has 0 radical (unpaired) electrons. The Morgan fingerprint density at radius 2 is 1.88 bits per heavy atom. The summed E-state index contributed by atoms with van der Waals surface area (Å²) in [4.78, 5) is 9.19. The second kappa shape index (κ2) is 8.56. The molecule has 2 aromatic carbocycles. The summed E-state index contributed by atoms with van der Waals surface area (Å²) in [5.74, 6) is 1.45. The molecule has 0 saturated carbocycles. The highest BCUT2D eigenvalue weighted by Gasteiger charge is 2.13. The van der Waals surface area contributed by atoms with Crippen LogP contribution in [-0.2, 0) is 11.2 Å². The molecule has 134 valence electrons. The molecule has 1 aromatic heterocycles. The Kier molecular flexibility index (Phi) is 5.94. The van der Waals surface area contributed by atoms with Crippen LogP contribution in [0.15, 0.2) is 60.8 Å². The van der Waals surface area contributed by atoms with Gasteiger partial charge in [0.2, 0.25) is 0 Å². The first-order valence-corrected chi connectivity index (χ1v) is 8.53. The Balaban J connectivity index is 1.98. The van der Waals surface area contributed by atoms with Crippen molar-refractivity contribution in [1.82, 2.24) is 9.97 Å². The predicted molar refractivity (Wildman–Crippen MR) is 103 cm³/mol. The van der Waals surface area contributed by atoms with Crippen LogP contribution in [-0.4, -0.2) is 36.8 Å². The predicted octanol–water partition coefficient (Wildman–Crippen LogP) is 3.34. The van der Waals surface area contributed by atoms with Crippen molar-refractivity contribution in [1.29, 1.82) is 0 Å². The lowest BCUT2D eigenvalue weighted by Crippen LogP contribution is -2.24. The van der Waals surface area contributed by atoms with Gasteiger partial charge in [-0.1, -0.05) is 36.4 Å². The number of hydrogen-bond acceptors (Lipinski definition) is 5. The summed E-state index contributed by atoms with van der Waals surface area (Å²) in [6.07, 6.45) is 2.50. The lowest BCUT2D eigenvalue weighted by atomic mass is 9.99. The zero-order chi connectivity index (χ0) is 18.4. The average molecular weight is 349 g/mol. The zero-order valence-corrected chi connectivity index (χ0v) is 15.1. The highest BCUT2D eigenvalue weighted by molar-refractivity contribution is 5.67. The summed E-state index contributed by atoms with van der Waals surface area (Å²) in [5.41, 5.74) is 9.79. The van der Waals surface area contributed by atoms with Crippen LogP contribution in [0.25, 0.3) is 22.6 Å². The van der Waals surface area contributed by atoms with Gasteiger partial charge >= 0.3 is 0 Å². The minimum Gasteiger partial charge on any atom is -0.497 e. The molecule has 0 amide bonds. The van der Waals surface area contributed by atoms with Gasteiger partial charge in [-0.2, -0.15) is 0 Å². The molecule has 0 aliphatic carbocycles. The van der Waals surface area contributed by atoms with E-state index in [-0.39, 0.29) is 6.10 Å². The fourth-order valence-corrected chi connectivity index (χ4v) is 2.87. The summed E-state index contributed by atoms with van der Waals surface area (Å²) in [6.45, 7) is 0.476. The Morgan fingerprint density at radius 1 is 1.04 bits per heavy atom. The highest BCUT2D eigenvalue weighted by atomic mass is 16.5. The number of nitrogens with two attached hydrogens (primary N) is 1. The van der Waals surface area contributed by atoms with E-state index in [0.717, 1.165) is 34.6 Å². The number of hydrogen-bond donors (Lipinski definition) is 1. The van der Waals surface area contributed by atoms with Crippen LogP contribution in [0.5, 0.6) is 5.75 Å². The topological polar surface area (TPSA) is 70.3 Å². The molecule has 0 fully saturated rings. The number of benzene rings is 2.